The number of hydrogen-bond acceptors (Lipinski definition) is 3. The smallest absolute Gasteiger partial charge is 0.124 e. The van der Waals surface area contributed by atoms with Crippen LogP contribution in [0.4, 0.5) is 4.39 Å². The number of benzene rings is 1. The number of hydrogen-bond donors (Lipinski definition) is 1. The Morgan fingerprint density at radius 1 is 1.35 bits per heavy atom. The Hall–Kier alpha value is -0.810. The Labute approximate surface area is 132 Å². The van der Waals surface area contributed by atoms with Crippen LogP contribution in [-0.4, -0.2) is 38.2 Å². The van der Waals surface area contributed by atoms with Gasteiger partial charge in [0.25, 0.3) is 0 Å². The average molecular weight is 323 g/mol. The normalized spacial score (nSPS) is 16.5. The molecule has 1 aromatic rings. The first-order valence-corrected chi connectivity index (χ1v) is 6.17. The van der Waals surface area contributed by atoms with Crippen molar-refractivity contribution in [1.82, 2.24) is 10.2 Å². The molecule has 1 N–H and O–H groups in total. The molecule has 0 saturated carbocycles. The fraction of sp³-hybridized carbons (Fsp3) is 0.429. The van der Waals surface area contributed by atoms with Crippen molar-refractivity contribution in [3.05, 3.63) is 42.2 Å². The van der Waals surface area contributed by atoms with Gasteiger partial charge in [-0.15, -0.1) is 31.4 Å². The number of piperazine rings is 1. The van der Waals surface area contributed by atoms with E-state index in [9.17, 15) is 4.39 Å². The van der Waals surface area contributed by atoms with Gasteiger partial charge in [-0.25, -0.2) is 4.39 Å². The Morgan fingerprint density at radius 3 is 2.55 bits per heavy atom. The number of ether oxygens (including phenoxy) is 1. The first kappa shape index (κ1) is 19.2. The number of halogens is 3. The minimum atomic E-state index is -0.243. The lowest BCUT2D eigenvalue weighted by molar-refractivity contribution is 0.200. The highest BCUT2D eigenvalue weighted by Gasteiger charge is 2.22. The first-order valence-electron chi connectivity index (χ1n) is 6.17. The van der Waals surface area contributed by atoms with E-state index in [-0.39, 0.29) is 36.7 Å². The molecule has 1 saturated heterocycles. The molecule has 3 nitrogen and oxygen atoms in total. The molecule has 1 aromatic carbocycles. The highest BCUT2D eigenvalue weighted by atomic mass is 35.5. The van der Waals surface area contributed by atoms with Crippen LogP contribution in [0.15, 0.2) is 30.9 Å². The second-order valence-corrected chi connectivity index (χ2v) is 4.35. The Morgan fingerprint density at radius 2 is 2.00 bits per heavy atom. The molecule has 0 amide bonds. The summed E-state index contributed by atoms with van der Waals surface area (Å²) in [5.41, 5.74) is 0.842. The van der Waals surface area contributed by atoms with Crippen LogP contribution in [0, 0.1) is 5.82 Å². The van der Waals surface area contributed by atoms with Crippen molar-refractivity contribution in [2.75, 3.05) is 33.3 Å². The zero-order valence-electron chi connectivity index (χ0n) is 11.5. The van der Waals surface area contributed by atoms with Gasteiger partial charge in [0.15, 0.2) is 0 Å². The van der Waals surface area contributed by atoms with Crippen molar-refractivity contribution >= 4 is 24.8 Å². The lowest BCUT2D eigenvalue weighted by Gasteiger charge is -2.34. The molecule has 2 rings (SSSR count). The van der Waals surface area contributed by atoms with Crippen LogP contribution in [0.25, 0.3) is 0 Å². The molecular weight excluding hydrogens is 302 g/mol. The number of methoxy groups -OCH3 is 1. The molecule has 1 aliphatic rings. The van der Waals surface area contributed by atoms with Crippen molar-refractivity contribution in [3.8, 4) is 5.75 Å². The van der Waals surface area contributed by atoms with Gasteiger partial charge in [-0.3, -0.25) is 4.90 Å². The van der Waals surface area contributed by atoms with Crippen molar-refractivity contribution in [3.63, 3.8) is 0 Å². The van der Waals surface area contributed by atoms with Crippen LogP contribution in [-0.2, 0) is 0 Å². The standard InChI is InChI=1S/C14H19FN2O.2ClH/c1-3-13(17-8-6-16-7-9-17)12-10-11(15)4-5-14(12)18-2;;/h3-5,10,13,16H,1,6-9H2,2H3;2*1H/t13-;;/m1../s1. The number of rotatable bonds is 4. The third-order valence-electron chi connectivity index (χ3n) is 3.28. The van der Waals surface area contributed by atoms with Crippen molar-refractivity contribution in [2.24, 2.45) is 0 Å². The summed E-state index contributed by atoms with van der Waals surface area (Å²) in [6.45, 7) is 7.62. The van der Waals surface area contributed by atoms with E-state index in [0.29, 0.717) is 5.75 Å². The van der Waals surface area contributed by atoms with E-state index in [1.807, 2.05) is 6.08 Å². The maximum absolute atomic E-state index is 13.4. The maximum Gasteiger partial charge on any atom is 0.124 e. The second kappa shape index (κ2) is 9.19. The number of nitrogens with zero attached hydrogens (tertiary/aromatic N) is 1. The molecule has 114 valence electrons. The average Bonchev–Trinajstić information content (AvgIpc) is 2.41. The summed E-state index contributed by atoms with van der Waals surface area (Å²) < 4.78 is 18.7. The third-order valence-corrected chi connectivity index (χ3v) is 3.28. The summed E-state index contributed by atoms with van der Waals surface area (Å²) in [5, 5.41) is 3.30. The van der Waals surface area contributed by atoms with Gasteiger partial charge >= 0.3 is 0 Å². The van der Waals surface area contributed by atoms with E-state index in [1.165, 1.54) is 12.1 Å². The van der Waals surface area contributed by atoms with Gasteiger partial charge in [0.1, 0.15) is 11.6 Å². The largest absolute Gasteiger partial charge is 0.496 e. The lowest BCUT2D eigenvalue weighted by Crippen LogP contribution is -2.44. The van der Waals surface area contributed by atoms with E-state index in [0.717, 1.165) is 31.7 Å². The molecular formula is C14H21Cl2FN2O. The minimum absolute atomic E-state index is 0. The quantitative estimate of drug-likeness (QED) is 0.863. The summed E-state index contributed by atoms with van der Waals surface area (Å²) >= 11 is 0. The van der Waals surface area contributed by atoms with Crippen LogP contribution >= 0.6 is 24.8 Å². The predicted octanol–water partition coefficient (Wildman–Crippen LogP) is 2.81. The zero-order chi connectivity index (χ0) is 13.0. The van der Waals surface area contributed by atoms with E-state index in [4.69, 9.17) is 4.74 Å². The number of nitrogens with one attached hydrogen (secondary N) is 1. The van der Waals surface area contributed by atoms with Gasteiger partial charge in [-0.1, -0.05) is 6.08 Å². The fourth-order valence-corrected chi connectivity index (χ4v) is 2.37. The Kier molecular flexibility index (Phi) is 8.81. The monoisotopic (exact) mass is 322 g/mol. The molecule has 1 aliphatic heterocycles. The van der Waals surface area contributed by atoms with Crippen LogP contribution in [0.3, 0.4) is 0 Å². The van der Waals surface area contributed by atoms with Gasteiger partial charge < -0.3 is 10.1 Å². The Bertz CT molecular complexity index is 426. The van der Waals surface area contributed by atoms with Crippen LogP contribution in [0.1, 0.15) is 11.6 Å². The van der Waals surface area contributed by atoms with Crippen LogP contribution in [0.5, 0.6) is 5.75 Å². The molecule has 0 aliphatic carbocycles. The fourth-order valence-electron chi connectivity index (χ4n) is 2.37. The molecule has 0 radical (unpaired) electrons. The third kappa shape index (κ3) is 4.35. The Balaban J connectivity index is 0.00000180. The zero-order valence-corrected chi connectivity index (χ0v) is 13.1. The molecule has 1 fully saturated rings. The summed E-state index contributed by atoms with van der Waals surface area (Å²) in [6.07, 6.45) is 1.85. The second-order valence-electron chi connectivity index (χ2n) is 4.35. The molecule has 1 heterocycles. The van der Waals surface area contributed by atoms with Crippen LogP contribution in [0.2, 0.25) is 0 Å². The van der Waals surface area contributed by atoms with Crippen molar-refractivity contribution < 1.29 is 9.13 Å². The highest BCUT2D eigenvalue weighted by Crippen LogP contribution is 2.31. The summed E-state index contributed by atoms with van der Waals surface area (Å²) in [4.78, 5) is 2.28. The molecule has 1 atom stereocenters. The van der Waals surface area contributed by atoms with Gasteiger partial charge in [0.05, 0.1) is 13.2 Å². The SMILES string of the molecule is C=C[C@H](c1cc(F)ccc1OC)N1CCNCC1.Cl.Cl. The lowest BCUT2D eigenvalue weighted by atomic mass is 10.0. The molecule has 0 unspecified atom stereocenters. The van der Waals surface area contributed by atoms with Crippen molar-refractivity contribution in [2.45, 2.75) is 6.04 Å². The van der Waals surface area contributed by atoms with E-state index >= 15 is 0 Å². The molecule has 20 heavy (non-hydrogen) atoms. The minimum Gasteiger partial charge on any atom is -0.496 e. The first-order chi connectivity index (χ1) is 8.76. The molecule has 0 bridgehead atoms. The van der Waals surface area contributed by atoms with E-state index in [2.05, 4.69) is 16.8 Å². The summed E-state index contributed by atoms with van der Waals surface area (Å²) in [7, 11) is 1.61. The van der Waals surface area contributed by atoms with Crippen molar-refractivity contribution in [1.29, 1.82) is 0 Å². The van der Waals surface area contributed by atoms with E-state index < -0.39 is 0 Å². The van der Waals surface area contributed by atoms with Gasteiger partial charge in [0.2, 0.25) is 0 Å². The summed E-state index contributed by atoms with van der Waals surface area (Å²) in [6, 6.07) is 4.62. The van der Waals surface area contributed by atoms with Crippen LogP contribution < -0.4 is 10.1 Å². The maximum atomic E-state index is 13.4. The van der Waals surface area contributed by atoms with Gasteiger partial charge in [-0.2, -0.15) is 0 Å². The molecule has 0 aromatic heterocycles. The topological polar surface area (TPSA) is 24.5 Å². The molecule has 0 spiro atoms. The van der Waals surface area contributed by atoms with E-state index in [1.54, 1.807) is 13.2 Å². The van der Waals surface area contributed by atoms with Gasteiger partial charge in [0, 0.05) is 31.7 Å². The highest BCUT2D eigenvalue weighted by molar-refractivity contribution is 5.85. The molecule has 6 heteroatoms. The van der Waals surface area contributed by atoms with Gasteiger partial charge in [-0.05, 0) is 18.2 Å². The predicted molar refractivity (Wildman–Crippen MR) is 84.8 cm³/mol. The summed E-state index contributed by atoms with van der Waals surface area (Å²) in [5.74, 6) is 0.465.